The Morgan fingerprint density at radius 2 is 1.01 bits per heavy atom. The maximum atomic E-state index is 13.1. The van der Waals surface area contributed by atoms with Crippen molar-refractivity contribution in [3.05, 3.63) is 71.8 Å². The number of unbranched alkanes of at least 4 members (excludes halogenated alkanes) is 2. The van der Waals surface area contributed by atoms with E-state index in [1.807, 2.05) is 60.7 Å². The van der Waals surface area contributed by atoms with Crippen molar-refractivity contribution >= 4 is 6.09 Å². The summed E-state index contributed by atoms with van der Waals surface area (Å²) in [5, 5.41) is 127. The van der Waals surface area contributed by atoms with Crippen LogP contribution in [0.15, 0.2) is 60.7 Å². The molecule has 0 saturated carbocycles. The predicted octanol–water partition coefficient (Wildman–Crippen LogP) is -4.75. The molecule has 0 aliphatic carbocycles. The van der Waals surface area contributed by atoms with Gasteiger partial charge in [0.1, 0.15) is 98.2 Å². The molecule has 24 nitrogen and oxygen atoms in total. The fourth-order valence-corrected chi connectivity index (χ4v) is 8.34. The summed E-state index contributed by atoms with van der Waals surface area (Å²) in [7, 11) is 0. The molecule has 4 heterocycles. The molecule has 0 unspecified atom stereocenters. The molecule has 4 saturated heterocycles. The zero-order valence-corrected chi connectivity index (χ0v) is 37.1. The molecule has 14 N–H and O–H groups in total. The van der Waals surface area contributed by atoms with Crippen molar-refractivity contribution in [2.24, 2.45) is 5.73 Å². The summed E-state index contributed by atoms with van der Waals surface area (Å²) in [6, 6.07) is 17.2. The Bertz CT molecular complexity index is 1770. The summed E-state index contributed by atoms with van der Waals surface area (Å²) in [4.78, 5) is 14.7. The summed E-state index contributed by atoms with van der Waals surface area (Å²) in [5.74, 6) is 0. The molecule has 384 valence electrons. The third kappa shape index (κ3) is 13.2. The number of benzene rings is 2. The Morgan fingerprint density at radius 3 is 1.62 bits per heavy atom. The first kappa shape index (κ1) is 54.2. The molecule has 1 amide bonds. The summed E-state index contributed by atoms with van der Waals surface area (Å²) >= 11 is 0. The predicted molar refractivity (Wildman–Crippen MR) is 227 cm³/mol. The van der Waals surface area contributed by atoms with Gasteiger partial charge in [0.25, 0.3) is 0 Å². The lowest BCUT2D eigenvalue weighted by Crippen LogP contribution is -2.69. The summed E-state index contributed by atoms with van der Waals surface area (Å²) in [5.41, 5.74) is 8.02. The zero-order valence-electron chi connectivity index (χ0n) is 37.1. The van der Waals surface area contributed by atoms with Crippen LogP contribution in [-0.2, 0) is 55.8 Å². The first-order valence-corrected chi connectivity index (χ1v) is 22.5. The molecule has 6 rings (SSSR count). The van der Waals surface area contributed by atoms with E-state index in [4.69, 9.17) is 48.4 Å². The van der Waals surface area contributed by atoms with Gasteiger partial charge < -0.3 is 115 Å². The van der Waals surface area contributed by atoms with E-state index in [2.05, 4.69) is 0 Å². The van der Waals surface area contributed by atoms with Gasteiger partial charge in [-0.15, -0.1) is 0 Å². The zero-order chi connectivity index (χ0) is 49.1. The number of nitrogens with two attached hydrogens (primary N) is 1. The highest BCUT2D eigenvalue weighted by molar-refractivity contribution is 5.67. The molecule has 68 heavy (non-hydrogen) atoms. The second-order valence-corrected chi connectivity index (χ2v) is 17.1. The summed E-state index contributed by atoms with van der Waals surface area (Å²) in [6.45, 7) is -2.41. The monoisotopic (exact) mass is 974 g/mol. The maximum Gasteiger partial charge on any atom is 0.410 e. The van der Waals surface area contributed by atoms with Crippen LogP contribution in [0.3, 0.4) is 0 Å². The number of aliphatic hydroxyl groups excluding tert-OH is 12. The number of carbonyl (C=O) groups excluding carboxylic acids is 1. The smallest absolute Gasteiger partial charge is 0.410 e. The number of nitrogens with zero attached hydrogens (tertiary/aromatic N) is 1. The van der Waals surface area contributed by atoms with Crippen molar-refractivity contribution in [3.8, 4) is 0 Å². The molecule has 20 atom stereocenters. The minimum atomic E-state index is -1.98. The number of amides is 1. The van der Waals surface area contributed by atoms with Crippen LogP contribution in [0.2, 0.25) is 0 Å². The highest BCUT2D eigenvalue weighted by Gasteiger charge is 2.55. The van der Waals surface area contributed by atoms with Gasteiger partial charge in [-0.25, -0.2) is 4.79 Å². The highest BCUT2D eigenvalue weighted by Crippen LogP contribution is 2.34. The Hall–Kier alpha value is -3.13. The normalized spacial score (nSPS) is 38.8. The highest BCUT2D eigenvalue weighted by atomic mass is 16.8. The minimum Gasteiger partial charge on any atom is -0.445 e. The molecular formula is C44H66N2O22. The van der Waals surface area contributed by atoms with Crippen molar-refractivity contribution in [3.63, 3.8) is 0 Å². The summed E-state index contributed by atoms with van der Waals surface area (Å²) < 4.78 is 51.2. The van der Waals surface area contributed by atoms with Crippen molar-refractivity contribution in [2.75, 3.05) is 39.6 Å². The van der Waals surface area contributed by atoms with E-state index >= 15 is 0 Å². The third-order valence-electron chi connectivity index (χ3n) is 12.3. The van der Waals surface area contributed by atoms with Gasteiger partial charge >= 0.3 is 6.09 Å². The van der Waals surface area contributed by atoms with Crippen molar-refractivity contribution in [1.82, 2.24) is 4.90 Å². The van der Waals surface area contributed by atoms with Gasteiger partial charge in [0.2, 0.25) is 0 Å². The van der Waals surface area contributed by atoms with E-state index in [-0.39, 0.29) is 13.2 Å². The fourth-order valence-electron chi connectivity index (χ4n) is 8.34. The van der Waals surface area contributed by atoms with E-state index in [1.54, 1.807) is 4.90 Å². The topological polar surface area (TPSA) is 372 Å². The summed E-state index contributed by atoms with van der Waals surface area (Å²) in [6.07, 6.45) is -30.9. The van der Waals surface area contributed by atoms with Crippen LogP contribution >= 0.6 is 0 Å². The van der Waals surface area contributed by atoms with E-state index < -0.39 is 155 Å². The standard InChI is InChI=1S/C44H66N2O22/c45-28-31(53)37(66-42-34(56)32(54)29(51)24(17-47)62-42)26(19-49)64-40(28)68-39-30(52)25(18-48)63-43(36(39)58)67-38-27(20-50)65-41(35(57)33(38)55)60-15-9-3-8-14-46(16-22-10-4-1-5-11-22)44(59)61-21-23-12-6-2-7-13-23/h1-2,4-7,10-13,24-43,47-58H,3,8-9,14-21,45H2/t24-,25-,26-,27-,28-,29+,30+,31-,32+,33-,34-,35-,36-,37-,38-,39+,40+,41-,42+,43+/m1/s1. The van der Waals surface area contributed by atoms with Gasteiger partial charge in [0, 0.05) is 19.7 Å². The molecule has 4 fully saturated rings. The Labute approximate surface area is 391 Å². The van der Waals surface area contributed by atoms with Crippen LogP contribution in [0, 0.1) is 0 Å². The van der Waals surface area contributed by atoms with Crippen LogP contribution in [-0.4, -0.2) is 235 Å². The van der Waals surface area contributed by atoms with Crippen LogP contribution in [0.4, 0.5) is 4.79 Å². The first-order valence-electron chi connectivity index (χ1n) is 22.5. The van der Waals surface area contributed by atoms with Crippen LogP contribution in [0.25, 0.3) is 0 Å². The Morgan fingerprint density at radius 1 is 0.515 bits per heavy atom. The molecule has 0 spiro atoms. The van der Waals surface area contributed by atoms with Gasteiger partial charge in [-0.1, -0.05) is 60.7 Å². The lowest BCUT2D eigenvalue weighted by Gasteiger charge is -2.49. The molecule has 2 aromatic rings. The average Bonchev–Trinajstić information content (AvgIpc) is 3.35. The fraction of sp³-hybridized carbons (Fsp3) is 0.705. The van der Waals surface area contributed by atoms with E-state index in [9.17, 15) is 66.1 Å². The second-order valence-electron chi connectivity index (χ2n) is 17.1. The molecule has 0 radical (unpaired) electrons. The number of hydrogen-bond acceptors (Lipinski definition) is 23. The van der Waals surface area contributed by atoms with Crippen LogP contribution < -0.4 is 5.73 Å². The number of hydrogen-bond donors (Lipinski definition) is 13. The molecule has 24 heteroatoms. The molecule has 2 aromatic carbocycles. The first-order chi connectivity index (χ1) is 32.7. The van der Waals surface area contributed by atoms with E-state index in [0.717, 1.165) is 11.1 Å². The van der Waals surface area contributed by atoms with Gasteiger partial charge in [-0.3, -0.25) is 0 Å². The van der Waals surface area contributed by atoms with Gasteiger partial charge in [0.05, 0.1) is 32.5 Å². The van der Waals surface area contributed by atoms with Crippen molar-refractivity contribution < 1.29 is 109 Å². The SMILES string of the molecule is N[C@H]1[C@H](O[C@H]2[C@@H](O)[C@@H](CO)O[C@@H](O[C@H]3[C@H](O)[C@@H](O)[C@H](OCCCCCN(Cc4ccccc4)C(=O)OCc4ccccc4)O[C@@H]3CO)[C@@H]2O)O[C@H](CO)[C@@H](O[C@@H]2O[C@H](CO)[C@H](O)[C@H](O)[C@H]2O)[C@@H]1O. The molecule has 0 aromatic heterocycles. The van der Waals surface area contributed by atoms with Gasteiger partial charge in [-0.05, 0) is 30.4 Å². The van der Waals surface area contributed by atoms with E-state index in [0.29, 0.717) is 32.4 Å². The molecule has 4 aliphatic rings. The van der Waals surface area contributed by atoms with Crippen LogP contribution in [0.5, 0.6) is 0 Å². The van der Waals surface area contributed by atoms with Crippen molar-refractivity contribution in [2.45, 2.75) is 155 Å². The van der Waals surface area contributed by atoms with Crippen LogP contribution in [0.1, 0.15) is 30.4 Å². The Balaban J connectivity index is 1.01. The van der Waals surface area contributed by atoms with Gasteiger partial charge in [-0.2, -0.15) is 0 Å². The second kappa shape index (κ2) is 25.8. The third-order valence-corrected chi connectivity index (χ3v) is 12.3. The number of aliphatic hydroxyl groups is 12. The average molecular weight is 975 g/mol. The van der Waals surface area contributed by atoms with Gasteiger partial charge in [0.15, 0.2) is 25.2 Å². The molecule has 4 aliphatic heterocycles. The minimum absolute atomic E-state index is 0.0482. The molecule has 0 bridgehead atoms. The number of rotatable bonds is 21. The lowest BCUT2D eigenvalue weighted by molar-refractivity contribution is -0.380. The Kier molecular flexibility index (Phi) is 20.6. The van der Waals surface area contributed by atoms with Crippen molar-refractivity contribution in [1.29, 1.82) is 0 Å². The van der Waals surface area contributed by atoms with E-state index in [1.165, 1.54) is 0 Å². The maximum absolute atomic E-state index is 13.1. The molecular weight excluding hydrogens is 908 g/mol. The largest absolute Gasteiger partial charge is 0.445 e. The number of ether oxygens (including phenoxy) is 9. The lowest BCUT2D eigenvalue weighted by atomic mass is 9.95. The quantitative estimate of drug-likeness (QED) is 0.0523. The number of carbonyl (C=O) groups is 1.